The third-order valence-electron chi connectivity index (χ3n) is 1.06. The first kappa shape index (κ1) is 13.6. The van der Waals surface area contributed by atoms with E-state index in [0.29, 0.717) is 6.42 Å². The standard InChI is InChI=1S/C8H10Br2O4/c9-5-7(11)13-3-1-2-4-14-8(12)6-10/h1,3H,2,4-6H2/b3-1+. The van der Waals surface area contributed by atoms with Crippen molar-refractivity contribution in [2.24, 2.45) is 0 Å². The summed E-state index contributed by atoms with van der Waals surface area (Å²) in [5.74, 6) is -0.672. The maximum Gasteiger partial charge on any atom is 0.321 e. The predicted molar refractivity (Wildman–Crippen MR) is 58.4 cm³/mol. The molecule has 0 aromatic rings. The van der Waals surface area contributed by atoms with Gasteiger partial charge in [-0.1, -0.05) is 31.9 Å². The van der Waals surface area contributed by atoms with Gasteiger partial charge in [-0.15, -0.1) is 0 Å². The maximum absolute atomic E-state index is 10.6. The number of carbonyl (C=O) groups excluding carboxylic acids is 2. The van der Waals surface area contributed by atoms with Gasteiger partial charge in [0.15, 0.2) is 0 Å². The third kappa shape index (κ3) is 8.25. The molecule has 0 atom stereocenters. The second kappa shape index (κ2) is 9.21. The molecule has 0 bridgehead atoms. The number of esters is 2. The summed E-state index contributed by atoms with van der Waals surface area (Å²) in [6.45, 7) is 0.285. The van der Waals surface area contributed by atoms with E-state index in [4.69, 9.17) is 4.74 Å². The molecule has 0 saturated heterocycles. The van der Waals surface area contributed by atoms with E-state index in [1.165, 1.54) is 6.26 Å². The molecule has 14 heavy (non-hydrogen) atoms. The van der Waals surface area contributed by atoms with Gasteiger partial charge in [0.2, 0.25) is 0 Å². The monoisotopic (exact) mass is 328 g/mol. The van der Waals surface area contributed by atoms with Gasteiger partial charge in [0.1, 0.15) is 10.7 Å². The van der Waals surface area contributed by atoms with Crippen molar-refractivity contribution in [3.05, 3.63) is 12.3 Å². The van der Waals surface area contributed by atoms with E-state index in [0.717, 1.165) is 0 Å². The van der Waals surface area contributed by atoms with Gasteiger partial charge in [-0.2, -0.15) is 0 Å². The fourth-order valence-corrected chi connectivity index (χ4v) is 0.797. The van der Waals surface area contributed by atoms with E-state index in [-0.39, 0.29) is 29.2 Å². The number of alkyl halides is 2. The molecule has 0 amide bonds. The second-order valence-corrected chi connectivity index (χ2v) is 3.26. The maximum atomic E-state index is 10.6. The first-order valence-electron chi connectivity index (χ1n) is 3.82. The minimum Gasteiger partial charge on any atom is -0.465 e. The molecule has 80 valence electrons. The highest BCUT2D eigenvalue weighted by molar-refractivity contribution is 9.09. The molecule has 0 aliphatic heterocycles. The Morgan fingerprint density at radius 3 is 2.36 bits per heavy atom. The molecule has 0 aromatic heterocycles. The Kier molecular flexibility index (Phi) is 8.97. The molecular formula is C8H10Br2O4. The second-order valence-electron chi connectivity index (χ2n) is 2.14. The number of hydrogen-bond acceptors (Lipinski definition) is 4. The minimum absolute atomic E-state index is 0.163. The van der Waals surface area contributed by atoms with Gasteiger partial charge >= 0.3 is 11.9 Å². The highest BCUT2D eigenvalue weighted by Crippen LogP contribution is 1.91. The highest BCUT2D eigenvalue weighted by atomic mass is 79.9. The van der Waals surface area contributed by atoms with E-state index >= 15 is 0 Å². The van der Waals surface area contributed by atoms with Crippen LogP contribution in [0.4, 0.5) is 0 Å². The van der Waals surface area contributed by atoms with Crippen molar-refractivity contribution in [3.63, 3.8) is 0 Å². The molecule has 0 radical (unpaired) electrons. The van der Waals surface area contributed by atoms with Crippen LogP contribution >= 0.6 is 31.9 Å². The molecule has 6 heteroatoms. The van der Waals surface area contributed by atoms with Crippen LogP contribution in [0.5, 0.6) is 0 Å². The van der Waals surface area contributed by atoms with Gasteiger partial charge < -0.3 is 9.47 Å². The van der Waals surface area contributed by atoms with Crippen molar-refractivity contribution in [2.75, 3.05) is 17.3 Å². The smallest absolute Gasteiger partial charge is 0.321 e. The molecule has 0 N–H and O–H groups in total. The average Bonchev–Trinajstić information content (AvgIpc) is 2.22. The summed E-state index contributed by atoms with van der Waals surface area (Å²) in [4.78, 5) is 21.2. The van der Waals surface area contributed by atoms with E-state index in [1.807, 2.05) is 0 Å². The molecule has 0 aliphatic carbocycles. The Morgan fingerprint density at radius 2 is 1.79 bits per heavy atom. The van der Waals surface area contributed by atoms with Crippen molar-refractivity contribution in [1.82, 2.24) is 0 Å². The first-order chi connectivity index (χ1) is 6.70. The molecule has 0 spiro atoms. The van der Waals surface area contributed by atoms with Crippen molar-refractivity contribution < 1.29 is 19.1 Å². The number of rotatable bonds is 6. The van der Waals surface area contributed by atoms with Crippen molar-refractivity contribution in [2.45, 2.75) is 6.42 Å². The predicted octanol–water partition coefficient (Wildman–Crippen LogP) is 1.77. The zero-order valence-corrected chi connectivity index (χ0v) is 10.5. The lowest BCUT2D eigenvalue weighted by atomic mass is 10.4. The van der Waals surface area contributed by atoms with E-state index in [1.54, 1.807) is 6.08 Å². The summed E-state index contributed by atoms with van der Waals surface area (Å²) in [7, 11) is 0. The lowest BCUT2D eigenvalue weighted by molar-refractivity contribution is -0.140. The molecule has 0 aromatic carbocycles. The Morgan fingerprint density at radius 1 is 1.14 bits per heavy atom. The van der Waals surface area contributed by atoms with E-state index in [2.05, 4.69) is 36.6 Å². The van der Waals surface area contributed by atoms with Gasteiger partial charge in [0.05, 0.1) is 12.9 Å². The fraction of sp³-hybridized carbons (Fsp3) is 0.500. The van der Waals surface area contributed by atoms with Crippen LogP contribution in [0.15, 0.2) is 12.3 Å². The molecular weight excluding hydrogens is 320 g/mol. The molecule has 0 saturated carbocycles. The van der Waals surface area contributed by atoms with Crippen LogP contribution in [0.2, 0.25) is 0 Å². The summed E-state index contributed by atoms with van der Waals surface area (Å²) in [5.41, 5.74) is 0. The molecule has 0 aliphatic rings. The topological polar surface area (TPSA) is 52.6 Å². The van der Waals surface area contributed by atoms with Crippen LogP contribution in [-0.2, 0) is 19.1 Å². The average molecular weight is 330 g/mol. The van der Waals surface area contributed by atoms with Crippen LogP contribution < -0.4 is 0 Å². The van der Waals surface area contributed by atoms with Crippen molar-refractivity contribution in [3.8, 4) is 0 Å². The zero-order valence-electron chi connectivity index (χ0n) is 7.37. The van der Waals surface area contributed by atoms with Gasteiger partial charge in [-0.05, 0) is 6.08 Å². The molecule has 0 heterocycles. The summed E-state index contributed by atoms with van der Waals surface area (Å²) in [6.07, 6.45) is 3.42. The van der Waals surface area contributed by atoms with Crippen LogP contribution in [0.1, 0.15) is 6.42 Å². The molecule has 4 nitrogen and oxygen atoms in total. The summed E-state index contributed by atoms with van der Waals surface area (Å²) in [5, 5.41) is 0.352. The van der Waals surface area contributed by atoms with Gasteiger partial charge in [-0.25, -0.2) is 0 Å². The van der Waals surface area contributed by atoms with Gasteiger partial charge in [0, 0.05) is 6.42 Å². The minimum atomic E-state index is -0.362. The lowest BCUT2D eigenvalue weighted by Gasteiger charge is -1.98. The fourth-order valence-electron chi connectivity index (χ4n) is 0.503. The van der Waals surface area contributed by atoms with Crippen molar-refractivity contribution in [1.29, 1.82) is 0 Å². The Hall–Kier alpha value is -0.360. The first-order valence-corrected chi connectivity index (χ1v) is 6.07. The summed E-state index contributed by atoms with van der Waals surface area (Å²) in [6, 6.07) is 0. The molecule has 0 fully saturated rings. The number of ether oxygens (including phenoxy) is 2. The highest BCUT2D eigenvalue weighted by Gasteiger charge is 1.97. The summed E-state index contributed by atoms with van der Waals surface area (Å²) < 4.78 is 9.35. The SMILES string of the molecule is O=C(CBr)O/C=C/CCOC(=O)CBr. The Labute approximate surface area is 98.9 Å². The summed E-state index contributed by atoms with van der Waals surface area (Å²) >= 11 is 5.90. The zero-order chi connectivity index (χ0) is 10.8. The van der Waals surface area contributed by atoms with E-state index in [9.17, 15) is 9.59 Å². The molecule has 0 rings (SSSR count). The third-order valence-corrected chi connectivity index (χ3v) is 1.98. The van der Waals surface area contributed by atoms with Crippen LogP contribution in [0, 0.1) is 0 Å². The Balaban J connectivity index is 3.36. The van der Waals surface area contributed by atoms with E-state index < -0.39 is 0 Å². The Bertz CT molecular complexity index is 215. The van der Waals surface area contributed by atoms with Crippen LogP contribution in [0.3, 0.4) is 0 Å². The number of carbonyl (C=O) groups is 2. The van der Waals surface area contributed by atoms with Crippen molar-refractivity contribution >= 4 is 43.8 Å². The van der Waals surface area contributed by atoms with Crippen LogP contribution in [0.25, 0.3) is 0 Å². The quantitative estimate of drug-likeness (QED) is 0.322. The van der Waals surface area contributed by atoms with Gasteiger partial charge in [0.25, 0.3) is 0 Å². The number of halogens is 2. The van der Waals surface area contributed by atoms with Gasteiger partial charge in [-0.3, -0.25) is 9.59 Å². The molecule has 0 unspecified atom stereocenters. The largest absolute Gasteiger partial charge is 0.465 e. The number of hydrogen-bond donors (Lipinski definition) is 0. The lowest BCUT2D eigenvalue weighted by Crippen LogP contribution is -2.05. The normalized spacial score (nSPS) is 10.1. The van der Waals surface area contributed by atoms with Crippen LogP contribution in [-0.4, -0.2) is 29.2 Å².